The molecule has 8 aromatic carbocycles. The highest BCUT2D eigenvalue weighted by Crippen LogP contribution is 2.59. The molecule has 0 saturated carbocycles. The number of fused-ring (bicyclic) bond motifs is 7. The van der Waals surface area contributed by atoms with Crippen LogP contribution in [0.3, 0.4) is 0 Å². The zero-order valence-electron chi connectivity index (χ0n) is 33.8. The number of benzene rings is 8. The van der Waals surface area contributed by atoms with Crippen molar-refractivity contribution in [2.45, 2.75) is 34.3 Å². The Balaban J connectivity index is 1.17. The minimum absolute atomic E-state index is 0.383. The average Bonchev–Trinajstić information content (AvgIpc) is 3.86. The standard InChI is InChI=1S/C59H43NS/c1-4-20-41(21-5-1)57-45-26-11-10-19-40(45)35-38-55(57)60(54-33-16-13-28-48(54)50-30-18-31-51-49-29-14-17-34-56(49)61-58(50)51)44-36-37-47-46-27-12-15-32-52(46)59(53(47)39-44,42-22-6-2-7-23-42)43-24-8-3-9-25-43/h1-4,6-20,22-39,49,56H,5,21H2. The van der Waals surface area contributed by atoms with Crippen molar-refractivity contribution in [3.05, 3.63) is 258 Å². The van der Waals surface area contributed by atoms with Crippen LogP contribution in [-0.4, -0.2) is 5.25 Å². The maximum Gasteiger partial charge on any atom is 0.0714 e. The largest absolute Gasteiger partial charge is 0.309 e. The average molecular weight is 798 g/mol. The van der Waals surface area contributed by atoms with Crippen LogP contribution in [0.1, 0.15) is 52.1 Å². The van der Waals surface area contributed by atoms with E-state index < -0.39 is 5.41 Å². The molecule has 0 saturated heterocycles. The van der Waals surface area contributed by atoms with Crippen LogP contribution in [0.25, 0.3) is 38.6 Å². The molecule has 61 heavy (non-hydrogen) atoms. The molecule has 1 nitrogen and oxygen atoms in total. The van der Waals surface area contributed by atoms with Gasteiger partial charge in [-0.3, -0.25) is 0 Å². The van der Waals surface area contributed by atoms with E-state index in [9.17, 15) is 0 Å². The summed E-state index contributed by atoms with van der Waals surface area (Å²) in [7, 11) is 0. The first-order valence-corrected chi connectivity index (χ1v) is 22.4. The summed E-state index contributed by atoms with van der Waals surface area (Å²) in [6, 6.07) is 68.4. The zero-order chi connectivity index (χ0) is 40.3. The summed E-state index contributed by atoms with van der Waals surface area (Å²) in [6.45, 7) is 0. The smallest absolute Gasteiger partial charge is 0.0714 e. The quantitative estimate of drug-likeness (QED) is 0.158. The molecule has 290 valence electrons. The molecular formula is C59H43NS. The summed E-state index contributed by atoms with van der Waals surface area (Å²) in [5, 5.41) is 2.94. The molecular weight excluding hydrogens is 755 g/mol. The highest BCUT2D eigenvalue weighted by atomic mass is 32.2. The molecule has 0 radical (unpaired) electrons. The van der Waals surface area contributed by atoms with Gasteiger partial charge in [0.1, 0.15) is 0 Å². The molecule has 0 amide bonds. The topological polar surface area (TPSA) is 3.24 Å². The Morgan fingerprint density at radius 2 is 1.23 bits per heavy atom. The van der Waals surface area contributed by atoms with E-state index in [2.05, 4.69) is 229 Å². The first-order chi connectivity index (χ1) is 30.3. The van der Waals surface area contributed by atoms with Gasteiger partial charge < -0.3 is 4.90 Å². The van der Waals surface area contributed by atoms with Crippen molar-refractivity contribution in [1.82, 2.24) is 0 Å². The molecule has 0 bridgehead atoms. The van der Waals surface area contributed by atoms with E-state index in [4.69, 9.17) is 0 Å². The van der Waals surface area contributed by atoms with Gasteiger partial charge in [-0.05, 0) is 98.0 Å². The van der Waals surface area contributed by atoms with Crippen LogP contribution >= 0.6 is 11.8 Å². The van der Waals surface area contributed by atoms with Gasteiger partial charge in [-0.1, -0.05) is 200 Å². The second-order valence-electron chi connectivity index (χ2n) is 16.6. The van der Waals surface area contributed by atoms with E-state index in [1.165, 1.54) is 88.3 Å². The molecule has 1 aliphatic heterocycles. The molecule has 2 atom stereocenters. The third-order valence-electron chi connectivity index (χ3n) is 13.4. The Morgan fingerprint density at radius 3 is 2.05 bits per heavy atom. The highest BCUT2D eigenvalue weighted by Gasteiger charge is 2.46. The molecule has 12 rings (SSSR count). The number of hydrogen-bond acceptors (Lipinski definition) is 2. The normalized spacial score (nSPS) is 17.7. The molecule has 0 fully saturated rings. The Morgan fingerprint density at radius 1 is 0.525 bits per heavy atom. The summed E-state index contributed by atoms with van der Waals surface area (Å²) in [5.41, 5.74) is 17.3. The molecule has 4 aliphatic rings. The second-order valence-corrected chi connectivity index (χ2v) is 17.7. The van der Waals surface area contributed by atoms with Gasteiger partial charge in [0.25, 0.3) is 0 Å². The van der Waals surface area contributed by atoms with Gasteiger partial charge in [0, 0.05) is 32.9 Å². The molecule has 0 spiro atoms. The lowest BCUT2D eigenvalue weighted by atomic mass is 9.67. The van der Waals surface area contributed by atoms with Gasteiger partial charge in [-0.15, -0.1) is 11.8 Å². The summed E-state index contributed by atoms with van der Waals surface area (Å²) < 4.78 is 0. The molecule has 1 heterocycles. The van der Waals surface area contributed by atoms with Crippen LogP contribution in [0.5, 0.6) is 0 Å². The Kier molecular flexibility index (Phi) is 8.68. The monoisotopic (exact) mass is 797 g/mol. The number of thioether (sulfide) groups is 1. The Bertz CT molecular complexity index is 3090. The Labute approximate surface area is 362 Å². The molecule has 2 unspecified atom stereocenters. The van der Waals surface area contributed by atoms with Crippen LogP contribution in [0.2, 0.25) is 0 Å². The lowest BCUT2D eigenvalue weighted by Gasteiger charge is -2.35. The van der Waals surface area contributed by atoms with Crippen molar-refractivity contribution in [3.8, 4) is 22.3 Å². The van der Waals surface area contributed by atoms with E-state index in [0.717, 1.165) is 18.5 Å². The van der Waals surface area contributed by atoms with Gasteiger partial charge in [-0.2, -0.15) is 0 Å². The van der Waals surface area contributed by atoms with Gasteiger partial charge in [0.2, 0.25) is 0 Å². The van der Waals surface area contributed by atoms with Crippen molar-refractivity contribution >= 4 is 45.2 Å². The molecule has 3 aliphatic carbocycles. The first-order valence-electron chi connectivity index (χ1n) is 21.6. The van der Waals surface area contributed by atoms with Crippen LogP contribution in [0.4, 0.5) is 17.1 Å². The number of anilines is 3. The van der Waals surface area contributed by atoms with E-state index >= 15 is 0 Å². The van der Waals surface area contributed by atoms with Gasteiger partial charge in [0.05, 0.1) is 16.8 Å². The highest BCUT2D eigenvalue weighted by molar-refractivity contribution is 8.00. The van der Waals surface area contributed by atoms with Gasteiger partial charge in [0.15, 0.2) is 0 Å². The third-order valence-corrected chi connectivity index (χ3v) is 14.8. The summed E-state index contributed by atoms with van der Waals surface area (Å²) in [5.74, 6) is 0.383. The zero-order valence-corrected chi connectivity index (χ0v) is 34.6. The summed E-state index contributed by atoms with van der Waals surface area (Å²) in [4.78, 5) is 3.98. The minimum atomic E-state index is -0.521. The first kappa shape index (κ1) is 36.0. The number of para-hydroxylation sites is 1. The fourth-order valence-corrected chi connectivity index (χ4v) is 12.2. The number of nitrogens with zero attached hydrogens (tertiary/aromatic N) is 1. The maximum absolute atomic E-state index is 2.59. The van der Waals surface area contributed by atoms with Crippen LogP contribution < -0.4 is 4.90 Å². The van der Waals surface area contributed by atoms with Crippen molar-refractivity contribution in [1.29, 1.82) is 0 Å². The Hall–Kier alpha value is -6.87. The van der Waals surface area contributed by atoms with E-state index in [1.54, 1.807) is 0 Å². The summed E-state index contributed by atoms with van der Waals surface area (Å²) >= 11 is 2.01. The predicted octanol–water partition coefficient (Wildman–Crippen LogP) is 15.8. The van der Waals surface area contributed by atoms with Crippen molar-refractivity contribution in [3.63, 3.8) is 0 Å². The van der Waals surface area contributed by atoms with Gasteiger partial charge in [-0.25, -0.2) is 0 Å². The molecule has 2 heteroatoms. The minimum Gasteiger partial charge on any atom is -0.309 e. The van der Waals surface area contributed by atoms with Crippen LogP contribution in [0.15, 0.2) is 229 Å². The lowest BCUT2D eigenvalue weighted by molar-refractivity contribution is 0.768. The fraction of sp³-hybridized carbons (Fsp3) is 0.0847. The molecule has 0 aromatic heterocycles. The maximum atomic E-state index is 2.59. The number of allylic oxidation sites excluding steroid dienone is 7. The van der Waals surface area contributed by atoms with E-state index in [0.29, 0.717) is 11.2 Å². The summed E-state index contributed by atoms with van der Waals surface area (Å²) in [6.07, 6.45) is 18.1. The van der Waals surface area contributed by atoms with Gasteiger partial charge >= 0.3 is 0 Å². The number of rotatable bonds is 7. The molecule has 0 N–H and O–H groups in total. The SMILES string of the molecule is C1=CCCC(c2c(N(c3ccc4c(c3)C(c3ccccc3)(c3ccccc3)c3ccccc3-4)c3ccccc3-c3cccc4c3SC3C=CC=CC43)ccc3ccccc23)=C1. The fourth-order valence-electron chi connectivity index (χ4n) is 10.7. The van der Waals surface area contributed by atoms with Crippen LogP contribution in [-0.2, 0) is 5.41 Å². The molecule has 8 aromatic rings. The van der Waals surface area contributed by atoms with Crippen molar-refractivity contribution in [2.75, 3.05) is 4.90 Å². The van der Waals surface area contributed by atoms with E-state index in [1.807, 2.05) is 11.8 Å². The van der Waals surface area contributed by atoms with Crippen molar-refractivity contribution < 1.29 is 0 Å². The van der Waals surface area contributed by atoms with Crippen molar-refractivity contribution in [2.24, 2.45) is 0 Å². The lowest BCUT2D eigenvalue weighted by Crippen LogP contribution is -2.28. The predicted molar refractivity (Wildman–Crippen MR) is 258 cm³/mol. The number of hydrogen-bond donors (Lipinski definition) is 0. The third kappa shape index (κ3) is 5.63. The second kappa shape index (κ2) is 14.7. The van der Waals surface area contributed by atoms with E-state index in [-0.39, 0.29) is 0 Å². The van der Waals surface area contributed by atoms with Crippen LogP contribution in [0, 0.1) is 0 Å².